The van der Waals surface area contributed by atoms with Crippen LogP contribution >= 0.6 is 12.2 Å². The molecule has 1 saturated heterocycles. The van der Waals surface area contributed by atoms with Gasteiger partial charge >= 0.3 is 0 Å². The van der Waals surface area contributed by atoms with Crippen LogP contribution in [0, 0.1) is 0 Å². The molecule has 0 bridgehead atoms. The number of imide groups is 1. The number of carbonyl (C=O) groups is 3. The van der Waals surface area contributed by atoms with Gasteiger partial charge in [0.2, 0.25) is 5.91 Å². The molecule has 0 spiro atoms. The van der Waals surface area contributed by atoms with Crippen molar-refractivity contribution in [2.75, 3.05) is 0 Å². The van der Waals surface area contributed by atoms with Gasteiger partial charge in [0.05, 0.1) is 16.1 Å². The molecule has 1 fully saturated rings. The third kappa shape index (κ3) is 2.58. The Morgan fingerprint density at radius 3 is 2.10 bits per heavy atom. The fourth-order valence-corrected chi connectivity index (χ4v) is 2.64. The topological polar surface area (TPSA) is 66.5 Å². The molecule has 3 rings (SSSR count). The van der Waals surface area contributed by atoms with Crippen molar-refractivity contribution in [2.45, 2.75) is 32.7 Å². The lowest BCUT2D eigenvalue weighted by molar-refractivity contribution is -0.124. The molecular formula is C15H16N2O3S. The van der Waals surface area contributed by atoms with Gasteiger partial charge in [-0.1, -0.05) is 38.2 Å². The number of thiocarbonyl (C=S) groups is 1. The fraction of sp³-hybridized carbons (Fsp3) is 0.333. The minimum absolute atomic E-state index is 0.355. The van der Waals surface area contributed by atoms with Gasteiger partial charge in [-0.3, -0.25) is 19.3 Å². The number of nitrogens with one attached hydrogen (secondary N) is 1. The van der Waals surface area contributed by atoms with Crippen molar-refractivity contribution in [2.24, 2.45) is 0 Å². The molecule has 0 radical (unpaired) electrons. The molecule has 110 valence electrons. The number of amides is 3. The van der Waals surface area contributed by atoms with Crippen molar-refractivity contribution in [3.8, 4) is 0 Å². The summed E-state index contributed by atoms with van der Waals surface area (Å²) in [6.07, 6.45) is 0.884. The highest BCUT2D eigenvalue weighted by Crippen LogP contribution is 2.27. The first-order chi connectivity index (χ1) is 10.1. The Hall–Kier alpha value is -2.08. The Balaban J connectivity index is 0.000000774. The second-order valence-corrected chi connectivity index (χ2v) is 4.99. The van der Waals surface area contributed by atoms with E-state index >= 15 is 0 Å². The molecule has 1 N–H and O–H groups in total. The van der Waals surface area contributed by atoms with Crippen LogP contribution in [0.1, 0.15) is 47.4 Å². The highest BCUT2D eigenvalue weighted by molar-refractivity contribution is 7.80. The monoisotopic (exact) mass is 304 g/mol. The number of hydrogen-bond donors (Lipinski definition) is 1. The number of piperidine rings is 1. The van der Waals surface area contributed by atoms with E-state index in [1.165, 1.54) is 0 Å². The minimum atomic E-state index is -0.765. The van der Waals surface area contributed by atoms with E-state index in [1.54, 1.807) is 24.3 Å². The molecule has 3 amide bonds. The first-order valence-corrected chi connectivity index (χ1v) is 7.31. The lowest BCUT2D eigenvalue weighted by Gasteiger charge is -2.28. The highest BCUT2D eigenvalue weighted by atomic mass is 32.1. The largest absolute Gasteiger partial charge is 0.319 e. The van der Waals surface area contributed by atoms with E-state index in [0.717, 1.165) is 4.90 Å². The van der Waals surface area contributed by atoms with Gasteiger partial charge in [-0.15, -0.1) is 0 Å². The summed E-state index contributed by atoms with van der Waals surface area (Å²) in [5.41, 5.74) is 0.710. The van der Waals surface area contributed by atoms with Crippen LogP contribution < -0.4 is 5.32 Å². The van der Waals surface area contributed by atoms with Gasteiger partial charge in [-0.25, -0.2) is 0 Å². The normalized spacial score (nSPS) is 20.7. The van der Waals surface area contributed by atoms with E-state index < -0.39 is 17.9 Å². The maximum absolute atomic E-state index is 12.2. The second-order valence-electron chi connectivity index (χ2n) is 4.49. The zero-order chi connectivity index (χ0) is 15.6. The average molecular weight is 304 g/mol. The lowest BCUT2D eigenvalue weighted by atomic mass is 10.1. The third-order valence-corrected chi connectivity index (χ3v) is 3.65. The van der Waals surface area contributed by atoms with Crippen LogP contribution in [0.3, 0.4) is 0 Å². The molecule has 0 saturated carbocycles. The summed E-state index contributed by atoms with van der Waals surface area (Å²) in [7, 11) is 0. The Kier molecular flexibility index (Phi) is 4.47. The number of hydrogen-bond acceptors (Lipinski definition) is 4. The Morgan fingerprint density at radius 2 is 1.62 bits per heavy atom. The summed E-state index contributed by atoms with van der Waals surface area (Å²) < 4.78 is 0. The molecule has 2 aliphatic heterocycles. The predicted octanol–water partition coefficient (Wildman–Crippen LogP) is 1.91. The number of nitrogens with zero attached hydrogens (tertiary/aromatic N) is 1. The first kappa shape index (κ1) is 15.3. The van der Waals surface area contributed by atoms with E-state index in [-0.39, 0.29) is 5.91 Å². The highest BCUT2D eigenvalue weighted by Gasteiger charge is 2.43. The number of benzene rings is 1. The maximum atomic E-state index is 12.2. The summed E-state index contributed by atoms with van der Waals surface area (Å²) in [6, 6.07) is 5.83. The van der Waals surface area contributed by atoms with Crippen molar-refractivity contribution in [1.82, 2.24) is 10.2 Å². The van der Waals surface area contributed by atoms with Crippen molar-refractivity contribution in [3.63, 3.8) is 0 Å². The zero-order valence-electron chi connectivity index (χ0n) is 11.9. The van der Waals surface area contributed by atoms with Crippen molar-refractivity contribution < 1.29 is 14.4 Å². The maximum Gasteiger partial charge on any atom is 0.262 e. The van der Waals surface area contributed by atoms with Crippen molar-refractivity contribution in [3.05, 3.63) is 35.4 Å². The molecule has 1 atom stereocenters. The summed E-state index contributed by atoms with van der Waals surface area (Å²) in [4.78, 5) is 37.8. The van der Waals surface area contributed by atoms with Crippen LogP contribution in [0.5, 0.6) is 0 Å². The van der Waals surface area contributed by atoms with Crippen LogP contribution in [0.4, 0.5) is 0 Å². The number of fused-ring (bicyclic) bond motifs is 1. The van der Waals surface area contributed by atoms with Gasteiger partial charge in [0.1, 0.15) is 6.04 Å². The van der Waals surface area contributed by atoms with Crippen LogP contribution in [-0.2, 0) is 4.79 Å². The van der Waals surface area contributed by atoms with Gasteiger partial charge in [-0.05, 0) is 18.6 Å². The molecule has 21 heavy (non-hydrogen) atoms. The SMILES string of the molecule is CC.O=C1NC(=S)CCC1N1C(=O)c2ccccc2C1=O. The first-order valence-electron chi connectivity index (χ1n) is 6.90. The van der Waals surface area contributed by atoms with Gasteiger partial charge in [0.25, 0.3) is 11.8 Å². The summed E-state index contributed by atoms with van der Waals surface area (Å²) >= 11 is 4.92. The van der Waals surface area contributed by atoms with Gasteiger partial charge in [-0.2, -0.15) is 0 Å². The predicted molar refractivity (Wildman–Crippen MR) is 82.1 cm³/mol. The van der Waals surface area contributed by atoms with Crippen molar-refractivity contribution >= 4 is 34.9 Å². The van der Waals surface area contributed by atoms with Gasteiger partial charge in [0.15, 0.2) is 0 Å². The molecular weight excluding hydrogens is 288 g/mol. The summed E-state index contributed by atoms with van der Waals surface area (Å²) in [6.45, 7) is 4.00. The molecule has 2 aliphatic rings. The van der Waals surface area contributed by atoms with Gasteiger partial charge < -0.3 is 5.32 Å². The van der Waals surface area contributed by atoms with Crippen molar-refractivity contribution in [1.29, 1.82) is 0 Å². The fourth-order valence-electron chi connectivity index (χ4n) is 2.42. The molecule has 1 unspecified atom stereocenters. The molecule has 0 aliphatic carbocycles. The molecule has 1 aromatic rings. The molecule has 2 heterocycles. The minimum Gasteiger partial charge on any atom is -0.319 e. The summed E-state index contributed by atoms with van der Waals surface area (Å²) in [5, 5.41) is 2.52. The van der Waals surface area contributed by atoms with E-state index in [9.17, 15) is 14.4 Å². The average Bonchev–Trinajstić information content (AvgIpc) is 2.75. The summed E-state index contributed by atoms with van der Waals surface area (Å²) in [5.74, 6) is -1.20. The third-order valence-electron chi connectivity index (χ3n) is 3.35. The van der Waals surface area contributed by atoms with Crippen LogP contribution in [0.2, 0.25) is 0 Å². The van der Waals surface area contributed by atoms with Crippen LogP contribution in [0.25, 0.3) is 0 Å². The van der Waals surface area contributed by atoms with E-state index in [4.69, 9.17) is 12.2 Å². The lowest BCUT2D eigenvalue weighted by Crippen LogP contribution is -2.53. The molecule has 5 nitrogen and oxygen atoms in total. The van der Waals surface area contributed by atoms with Crippen LogP contribution in [0.15, 0.2) is 24.3 Å². The smallest absolute Gasteiger partial charge is 0.262 e. The number of carbonyl (C=O) groups excluding carboxylic acids is 3. The van der Waals surface area contributed by atoms with E-state index in [0.29, 0.717) is 29.0 Å². The second kappa shape index (κ2) is 6.13. The molecule has 6 heteroatoms. The Labute approximate surface area is 128 Å². The molecule has 1 aromatic carbocycles. The number of rotatable bonds is 1. The standard InChI is InChI=1S/C13H10N2O3S.C2H6/c16-11-9(5-6-10(19)14-11)15-12(17)7-3-1-2-4-8(7)13(15)18;1-2/h1-4,9H,5-6H2,(H,14,16,19);1-2H3. The Bertz CT molecular complexity index is 592. The van der Waals surface area contributed by atoms with E-state index in [2.05, 4.69) is 5.32 Å². The Morgan fingerprint density at radius 1 is 1.10 bits per heavy atom. The van der Waals surface area contributed by atoms with Gasteiger partial charge in [0, 0.05) is 6.42 Å². The zero-order valence-corrected chi connectivity index (χ0v) is 12.7. The quantitative estimate of drug-likeness (QED) is 0.636. The molecule has 0 aromatic heterocycles. The van der Waals surface area contributed by atoms with Crippen LogP contribution in [-0.4, -0.2) is 33.7 Å². The van der Waals surface area contributed by atoms with E-state index in [1.807, 2.05) is 13.8 Å².